The van der Waals surface area contributed by atoms with Crippen LogP contribution >= 0.6 is 0 Å². The van der Waals surface area contributed by atoms with E-state index in [9.17, 15) is 0 Å². The van der Waals surface area contributed by atoms with Gasteiger partial charge in [0.25, 0.3) is 0 Å². The highest BCUT2D eigenvalue weighted by Gasteiger charge is 2.10. The van der Waals surface area contributed by atoms with Crippen LogP contribution in [0.1, 0.15) is 41.2 Å². The molecule has 1 aromatic carbocycles. The molecule has 2 rings (SSSR count). The molecular formula is C16H21N3. The van der Waals surface area contributed by atoms with Crippen LogP contribution in [0.15, 0.2) is 18.2 Å². The highest BCUT2D eigenvalue weighted by Crippen LogP contribution is 2.26. The van der Waals surface area contributed by atoms with Crippen LogP contribution in [-0.4, -0.2) is 9.97 Å². The van der Waals surface area contributed by atoms with Crippen molar-refractivity contribution in [3.63, 3.8) is 0 Å². The maximum Gasteiger partial charge on any atom is 0.145 e. The zero-order chi connectivity index (χ0) is 14.2. The maximum atomic E-state index is 5.90. The average Bonchev–Trinajstić information content (AvgIpc) is 2.33. The fourth-order valence-corrected chi connectivity index (χ4v) is 2.17. The van der Waals surface area contributed by atoms with Gasteiger partial charge in [-0.05, 0) is 63.4 Å². The van der Waals surface area contributed by atoms with E-state index in [4.69, 9.17) is 5.73 Å². The highest BCUT2D eigenvalue weighted by molar-refractivity contribution is 5.65. The zero-order valence-electron chi connectivity index (χ0n) is 12.3. The van der Waals surface area contributed by atoms with Gasteiger partial charge in [-0.25, -0.2) is 9.97 Å². The second-order valence-electron chi connectivity index (χ2n) is 5.29. The number of hydrogen-bond acceptors (Lipinski definition) is 3. The van der Waals surface area contributed by atoms with E-state index < -0.39 is 0 Å². The fraction of sp³-hybridized carbons (Fsp3) is 0.375. The molecule has 0 saturated carbocycles. The largest absolute Gasteiger partial charge is 0.322 e. The molecule has 0 amide bonds. The molecule has 2 aromatic rings. The quantitative estimate of drug-likeness (QED) is 0.894. The molecule has 0 saturated heterocycles. The lowest BCUT2D eigenvalue weighted by Crippen LogP contribution is -2.11. The second kappa shape index (κ2) is 5.10. The van der Waals surface area contributed by atoms with Crippen LogP contribution in [-0.2, 0) is 0 Å². The van der Waals surface area contributed by atoms with E-state index in [1.807, 2.05) is 19.9 Å². The molecule has 1 aromatic heterocycles. The molecular weight excluding hydrogens is 234 g/mol. The summed E-state index contributed by atoms with van der Waals surface area (Å²) in [6.45, 7) is 10.3. The first-order valence-corrected chi connectivity index (χ1v) is 6.58. The van der Waals surface area contributed by atoms with Crippen LogP contribution in [0.3, 0.4) is 0 Å². The average molecular weight is 255 g/mol. The number of rotatable bonds is 2. The van der Waals surface area contributed by atoms with E-state index in [1.54, 1.807) is 0 Å². The molecule has 19 heavy (non-hydrogen) atoms. The van der Waals surface area contributed by atoms with E-state index in [1.165, 1.54) is 16.7 Å². The SMILES string of the molecule is Cc1cc(-c2cc(C)c(C)cc2C)nc(C(C)N)n1. The summed E-state index contributed by atoms with van der Waals surface area (Å²) in [5.74, 6) is 0.702. The highest BCUT2D eigenvalue weighted by atomic mass is 14.9. The van der Waals surface area contributed by atoms with E-state index in [2.05, 4.69) is 42.9 Å². The van der Waals surface area contributed by atoms with Crippen molar-refractivity contribution in [2.24, 2.45) is 5.73 Å². The molecule has 0 aliphatic carbocycles. The van der Waals surface area contributed by atoms with Gasteiger partial charge < -0.3 is 5.73 Å². The Balaban J connectivity index is 2.62. The van der Waals surface area contributed by atoms with E-state index in [0.717, 1.165) is 17.0 Å². The van der Waals surface area contributed by atoms with Gasteiger partial charge in [0.05, 0.1) is 11.7 Å². The fourth-order valence-electron chi connectivity index (χ4n) is 2.17. The summed E-state index contributed by atoms with van der Waals surface area (Å²) < 4.78 is 0. The van der Waals surface area contributed by atoms with Gasteiger partial charge in [0.2, 0.25) is 0 Å². The smallest absolute Gasteiger partial charge is 0.145 e. The number of nitrogens with two attached hydrogens (primary N) is 1. The summed E-state index contributed by atoms with van der Waals surface area (Å²) in [7, 11) is 0. The van der Waals surface area contributed by atoms with Crippen LogP contribution < -0.4 is 5.73 Å². The normalized spacial score (nSPS) is 12.5. The van der Waals surface area contributed by atoms with Crippen molar-refractivity contribution >= 4 is 0 Å². The number of aromatic nitrogens is 2. The van der Waals surface area contributed by atoms with Crippen LogP contribution in [0.4, 0.5) is 0 Å². The predicted molar refractivity (Wildman–Crippen MR) is 79.0 cm³/mol. The first kappa shape index (κ1) is 13.7. The Morgan fingerprint density at radius 3 is 2.16 bits per heavy atom. The van der Waals surface area contributed by atoms with Gasteiger partial charge in [-0.3, -0.25) is 0 Å². The Morgan fingerprint density at radius 1 is 0.895 bits per heavy atom. The lowest BCUT2D eigenvalue weighted by Gasteiger charge is -2.12. The van der Waals surface area contributed by atoms with Crippen LogP contribution in [0, 0.1) is 27.7 Å². The minimum Gasteiger partial charge on any atom is -0.322 e. The molecule has 3 heteroatoms. The van der Waals surface area contributed by atoms with Crippen molar-refractivity contribution in [1.29, 1.82) is 0 Å². The third kappa shape index (κ3) is 2.82. The Morgan fingerprint density at radius 2 is 1.53 bits per heavy atom. The van der Waals surface area contributed by atoms with Gasteiger partial charge in [0.15, 0.2) is 0 Å². The van der Waals surface area contributed by atoms with Gasteiger partial charge >= 0.3 is 0 Å². The van der Waals surface area contributed by atoms with Crippen molar-refractivity contribution < 1.29 is 0 Å². The summed E-state index contributed by atoms with van der Waals surface area (Å²) in [4.78, 5) is 8.99. The Hall–Kier alpha value is -1.74. The predicted octanol–water partition coefficient (Wildman–Crippen LogP) is 3.40. The number of benzene rings is 1. The first-order chi connectivity index (χ1) is 8.88. The molecule has 1 unspecified atom stereocenters. The van der Waals surface area contributed by atoms with Crippen molar-refractivity contribution in [2.45, 2.75) is 40.7 Å². The molecule has 1 heterocycles. The van der Waals surface area contributed by atoms with Gasteiger partial charge in [0, 0.05) is 11.3 Å². The van der Waals surface area contributed by atoms with Gasteiger partial charge in [-0.1, -0.05) is 6.07 Å². The van der Waals surface area contributed by atoms with Crippen molar-refractivity contribution in [1.82, 2.24) is 9.97 Å². The summed E-state index contributed by atoms with van der Waals surface area (Å²) in [6, 6.07) is 6.26. The van der Waals surface area contributed by atoms with Crippen LogP contribution in [0.2, 0.25) is 0 Å². The van der Waals surface area contributed by atoms with Gasteiger partial charge in [0.1, 0.15) is 5.82 Å². The summed E-state index contributed by atoms with van der Waals surface area (Å²) in [5.41, 5.74) is 12.8. The third-order valence-electron chi connectivity index (χ3n) is 3.40. The van der Waals surface area contributed by atoms with E-state index in [0.29, 0.717) is 5.82 Å². The standard InChI is InChI=1S/C16H21N3/c1-9-6-11(3)14(7-10(9)2)15-8-12(4)18-16(19-15)13(5)17/h6-8,13H,17H2,1-5H3. The van der Waals surface area contributed by atoms with Crippen LogP contribution in [0.5, 0.6) is 0 Å². The molecule has 100 valence electrons. The van der Waals surface area contributed by atoms with Gasteiger partial charge in [-0.2, -0.15) is 0 Å². The number of aryl methyl sites for hydroxylation is 4. The van der Waals surface area contributed by atoms with Gasteiger partial charge in [-0.15, -0.1) is 0 Å². The minimum atomic E-state index is -0.148. The number of hydrogen-bond donors (Lipinski definition) is 1. The first-order valence-electron chi connectivity index (χ1n) is 6.58. The Labute approximate surface area is 114 Å². The molecule has 0 spiro atoms. The Kier molecular flexibility index (Phi) is 3.67. The minimum absolute atomic E-state index is 0.148. The second-order valence-corrected chi connectivity index (χ2v) is 5.29. The molecule has 3 nitrogen and oxygen atoms in total. The van der Waals surface area contributed by atoms with Crippen LogP contribution in [0.25, 0.3) is 11.3 Å². The lowest BCUT2D eigenvalue weighted by molar-refractivity contribution is 0.734. The molecule has 0 bridgehead atoms. The monoisotopic (exact) mass is 255 g/mol. The molecule has 0 aliphatic heterocycles. The topological polar surface area (TPSA) is 51.8 Å². The molecule has 0 aliphatic rings. The molecule has 2 N–H and O–H groups in total. The maximum absolute atomic E-state index is 5.90. The Bertz CT molecular complexity index is 616. The molecule has 0 fully saturated rings. The summed E-state index contributed by atoms with van der Waals surface area (Å²) >= 11 is 0. The third-order valence-corrected chi connectivity index (χ3v) is 3.40. The van der Waals surface area contributed by atoms with Crippen molar-refractivity contribution in [2.75, 3.05) is 0 Å². The lowest BCUT2D eigenvalue weighted by atomic mass is 9.98. The summed E-state index contributed by atoms with van der Waals surface area (Å²) in [5, 5.41) is 0. The summed E-state index contributed by atoms with van der Waals surface area (Å²) in [6.07, 6.45) is 0. The number of nitrogens with zero attached hydrogens (tertiary/aromatic N) is 2. The van der Waals surface area contributed by atoms with E-state index >= 15 is 0 Å². The molecule has 0 radical (unpaired) electrons. The zero-order valence-corrected chi connectivity index (χ0v) is 12.3. The molecule has 1 atom stereocenters. The van der Waals surface area contributed by atoms with E-state index in [-0.39, 0.29) is 6.04 Å². The van der Waals surface area contributed by atoms with Crippen molar-refractivity contribution in [3.05, 3.63) is 46.4 Å². The van der Waals surface area contributed by atoms with Crippen molar-refractivity contribution in [3.8, 4) is 11.3 Å².